The number of nitrogens with one attached hydrogen (secondary N) is 2. The Morgan fingerprint density at radius 1 is 1.40 bits per heavy atom. The second-order valence-corrected chi connectivity index (χ2v) is 6.88. The maximum absolute atomic E-state index is 12.0. The number of nitrogens with zero attached hydrogens (tertiary/aromatic N) is 2. The topological polar surface area (TPSA) is 87.7 Å². The zero-order chi connectivity index (χ0) is 14.2. The number of thiazole rings is 1. The van der Waals surface area contributed by atoms with E-state index < -0.39 is 10.0 Å². The van der Waals surface area contributed by atoms with Crippen LogP contribution in [-0.2, 0) is 16.4 Å². The Labute approximate surface area is 119 Å². The predicted molar refractivity (Wildman–Crippen MR) is 78.4 cm³/mol. The third kappa shape index (κ3) is 2.39. The van der Waals surface area contributed by atoms with Gasteiger partial charge in [-0.25, -0.2) is 9.97 Å². The highest BCUT2D eigenvalue weighted by molar-refractivity contribution is 7.92. The molecule has 1 aromatic carbocycles. The van der Waals surface area contributed by atoms with Crippen LogP contribution in [0.2, 0.25) is 0 Å². The lowest BCUT2D eigenvalue weighted by Gasteiger charge is -2.00. The molecule has 0 amide bonds. The van der Waals surface area contributed by atoms with Crippen molar-refractivity contribution in [2.45, 2.75) is 18.4 Å². The minimum absolute atomic E-state index is 0.0194. The third-order valence-corrected chi connectivity index (χ3v) is 5.17. The maximum Gasteiger partial charge on any atom is 0.280 e. The Kier molecular flexibility index (Phi) is 3.19. The summed E-state index contributed by atoms with van der Waals surface area (Å²) in [5.41, 5.74) is 1.98. The van der Waals surface area contributed by atoms with Crippen molar-refractivity contribution < 1.29 is 8.42 Å². The predicted octanol–water partition coefficient (Wildman–Crippen LogP) is 2.38. The molecule has 0 saturated heterocycles. The van der Waals surface area contributed by atoms with E-state index in [9.17, 15) is 8.42 Å². The largest absolute Gasteiger partial charge is 0.334 e. The van der Waals surface area contributed by atoms with Crippen LogP contribution in [0, 0.1) is 0 Å². The maximum atomic E-state index is 12.0. The van der Waals surface area contributed by atoms with Gasteiger partial charge < -0.3 is 4.98 Å². The van der Waals surface area contributed by atoms with Crippen molar-refractivity contribution in [1.82, 2.24) is 15.0 Å². The highest BCUT2D eigenvalue weighted by atomic mass is 32.2. The SMILES string of the molecule is CCc1ccc2nc(NS(=O)(=O)c3cnc[nH]3)sc2c1. The number of hydrogen-bond donors (Lipinski definition) is 2. The van der Waals surface area contributed by atoms with Gasteiger partial charge in [0, 0.05) is 0 Å². The van der Waals surface area contributed by atoms with E-state index in [1.54, 1.807) is 0 Å². The molecular formula is C12H12N4O2S2. The molecule has 0 unspecified atom stereocenters. The summed E-state index contributed by atoms with van der Waals surface area (Å²) in [4.78, 5) is 10.5. The van der Waals surface area contributed by atoms with Crippen molar-refractivity contribution >= 4 is 36.7 Å². The highest BCUT2D eigenvalue weighted by Gasteiger charge is 2.17. The Morgan fingerprint density at radius 3 is 2.95 bits per heavy atom. The third-order valence-electron chi connectivity index (χ3n) is 2.85. The number of fused-ring (bicyclic) bond motifs is 1. The minimum Gasteiger partial charge on any atom is -0.334 e. The molecule has 0 spiro atoms. The first-order valence-electron chi connectivity index (χ1n) is 5.99. The summed E-state index contributed by atoms with van der Waals surface area (Å²) >= 11 is 1.32. The summed E-state index contributed by atoms with van der Waals surface area (Å²) in [5.74, 6) is 0. The standard InChI is InChI=1S/C12H12N4O2S2/c1-2-8-3-4-9-10(5-8)19-12(15-9)16-20(17,18)11-6-13-7-14-11/h3-7H,2H2,1H3,(H,13,14)(H,15,16). The Balaban J connectivity index is 1.95. The Hall–Kier alpha value is -1.93. The average Bonchev–Trinajstić information content (AvgIpc) is 3.06. The number of imidazole rings is 1. The fourth-order valence-corrected chi connectivity index (χ4v) is 3.86. The average molecular weight is 308 g/mol. The summed E-state index contributed by atoms with van der Waals surface area (Å²) in [7, 11) is -3.65. The van der Waals surface area contributed by atoms with Crippen LogP contribution in [-0.4, -0.2) is 23.4 Å². The van der Waals surface area contributed by atoms with Crippen LogP contribution >= 0.6 is 11.3 Å². The summed E-state index contributed by atoms with van der Waals surface area (Å²) in [5, 5.41) is 0.369. The molecule has 0 aliphatic carbocycles. The number of H-pyrrole nitrogens is 1. The van der Waals surface area contributed by atoms with Crippen molar-refractivity contribution in [1.29, 1.82) is 0 Å². The fraction of sp³-hybridized carbons (Fsp3) is 0.167. The Morgan fingerprint density at radius 2 is 2.25 bits per heavy atom. The van der Waals surface area contributed by atoms with Gasteiger partial charge in [-0.05, 0) is 24.1 Å². The molecule has 6 nitrogen and oxygen atoms in total. The molecule has 2 aromatic heterocycles. The number of sulfonamides is 1. The molecule has 20 heavy (non-hydrogen) atoms. The quantitative estimate of drug-likeness (QED) is 0.774. The number of benzene rings is 1. The summed E-state index contributed by atoms with van der Waals surface area (Å²) in [6.07, 6.45) is 3.51. The number of rotatable bonds is 4. The Bertz CT molecular complexity index is 838. The second kappa shape index (κ2) is 4.88. The zero-order valence-corrected chi connectivity index (χ0v) is 12.3. The van der Waals surface area contributed by atoms with Crippen LogP contribution in [0.3, 0.4) is 0 Å². The first-order chi connectivity index (χ1) is 9.58. The van der Waals surface area contributed by atoms with Gasteiger partial charge in [0.05, 0.1) is 22.7 Å². The van der Waals surface area contributed by atoms with Crippen LogP contribution in [0.4, 0.5) is 5.13 Å². The second-order valence-electron chi connectivity index (χ2n) is 4.20. The van der Waals surface area contributed by atoms with E-state index in [0.29, 0.717) is 5.13 Å². The van der Waals surface area contributed by atoms with Gasteiger partial charge in [-0.3, -0.25) is 4.72 Å². The number of hydrogen-bond acceptors (Lipinski definition) is 5. The molecule has 3 rings (SSSR count). The highest BCUT2D eigenvalue weighted by Crippen LogP contribution is 2.28. The lowest BCUT2D eigenvalue weighted by molar-refractivity contribution is 0.598. The lowest BCUT2D eigenvalue weighted by Crippen LogP contribution is -2.12. The van der Waals surface area contributed by atoms with Crippen LogP contribution < -0.4 is 4.72 Å². The molecule has 3 aromatic rings. The molecule has 0 atom stereocenters. The van der Waals surface area contributed by atoms with E-state index in [4.69, 9.17) is 0 Å². The van der Waals surface area contributed by atoms with Crippen LogP contribution in [0.25, 0.3) is 10.2 Å². The van der Waals surface area contributed by atoms with Crippen molar-refractivity contribution in [3.63, 3.8) is 0 Å². The van der Waals surface area contributed by atoms with Crippen LogP contribution in [0.1, 0.15) is 12.5 Å². The number of aromatic nitrogens is 3. The van der Waals surface area contributed by atoms with Gasteiger partial charge in [0.25, 0.3) is 10.0 Å². The van der Waals surface area contributed by atoms with Gasteiger partial charge in [0.1, 0.15) is 0 Å². The molecule has 2 N–H and O–H groups in total. The monoisotopic (exact) mass is 308 g/mol. The van der Waals surface area contributed by atoms with Gasteiger partial charge in [-0.1, -0.05) is 24.3 Å². The van der Waals surface area contributed by atoms with E-state index in [0.717, 1.165) is 16.6 Å². The lowest BCUT2D eigenvalue weighted by atomic mass is 10.2. The molecule has 2 heterocycles. The molecule has 104 valence electrons. The van der Waals surface area contributed by atoms with Crippen molar-refractivity contribution in [2.75, 3.05) is 4.72 Å². The molecule has 0 aliphatic heterocycles. The molecule has 0 radical (unpaired) electrons. The number of aryl methyl sites for hydroxylation is 1. The minimum atomic E-state index is -3.65. The zero-order valence-electron chi connectivity index (χ0n) is 10.6. The van der Waals surface area contributed by atoms with E-state index in [2.05, 4.69) is 26.6 Å². The van der Waals surface area contributed by atoms with Crippen molar-refractivity contribution in [3.05, 3.63) is 36.3 Å². The summed E-state index contributed by atoms with van der Waals surface area (Å²) < 4.78 is 27.5. The summed E-state index contributed by atoms with van der Waals surface area (Å²) in [6, 6.07) is 5.93. The van der Waals surface area contributed by atoms with Crippen LogP contribution in [0.5, 0.6) is 0 Å². The molecule has 0 fully saturated rings. The molecule has 0 aliphatic rings. The van der Waals surface area contributed by atoms with Crippen molar-refractivity contribution in [3.8, 4) is 0 Å². The van der Waals surface area contributed by atoms with E-state index in [-0.39, 0.29) is 5.03 Å². The van der Waals surface area contributed by atoms with Gasteiger partial charge in [-0.2, -0.15) is 8.42 Å². The molecule has 8 heteroatoms. The first-order valence-corrected chi connectivity index (χ1v) is 8.29. The molecule has 0 bridgehead atoms. The van der Waals surface area contributed by atoms with Gasteiger partial charge in [0.2, 0.25) is 0 Å². The molecular weight excluding hydrogens is 296 g/mol. The normalized spacial score (nSPS) is 11.8. The number of anilines is 1. The van der Waals surface area contributed by atoms with Gasteiger partial charge in [0.15, 0.2) is 10.2 Å². The number of aromatic amines is 1. The van der Waals surface area contributed by atoms with Crippen LogP contribution in [0.15, 0.2) is 35.7 Å². The van der Waals surface area contributed by atoms with E-state index in [1.807, 2.05) is 18.2 Å². The molecule has 0 saturated carbocycles. The smallest absolute Gasteiger partial charge is 0.280 e. The van der Waals surface area contributed by atoms with Gasteiger partial charge in [-0.15, -0.1) is 0 Å². The summed E-state index contributed by atoms with van der Waals surface area (Å²) in [6.45, 7) is 2.07. The van der Waals surface area contributed by atoms with E-state index >= 15 is 0 Å². The fourth-order valence-electron chi connectivity index (χ4n) is 1.79. The van der Waals surface area contributed by atoms with E-state index in [1.165, 1.54) is 29.4 Å². The first kappa shape index (κ1) is 13.1. The van der Waals surface area contributed by atoms with Gasteiger partial charge >= 0.3 is 0 Å². The van der Waals surface area contributed by atoms with Crippen molar-refractivity contribution in [2.24, 2.45) is 0 Å².